The topological polar surface area (TPSA) is 59.8 Å². The number of para-hydroxylation sites is 1. The van der Waals surface area contributed by atoms with E-state index in [1.807, 2.05) is 66.2 Å². The molecule has 0 aliphatic carbocycles. The average Bonchev–Trinajstić information content (AvgIpc) is 3.38. The normalized spacial score (nSPS) is 11.0. The van der Waals surface area contributed by atoms with Crippen molar-refractivity contribution in [1.82, 2.24) is 14.8 Å². The molecule has 1 N–H and O–H groups in total. The number of carbonyl (C=O) groups excluding carboxylic acids is 1. The molecule has 138 valence electrons. The second-order valence-corrected chi connectivity index (χ2v) is 7.21. The summed E-state index contributed by atoms with van der Waals surface area (Å²) >= 11 is 7.38. The SMILES string of the molecule is O=C(C=Cc1cn(-c2ccccc2)nc1-c1ccc(Cl)cc1)Nc1nccs1. The van der Waals surface area contributed by atoms with Gasteiger partial charge in [0.25, 0.3) is 0 Å². The van der Waals surface area contributed by atoms with Gasteiger partial charge >= 0.3 is 0 Å². The fraction of sp³-hybridized carbons (Fsp3) is 0. The molecule has 0 fully saturated rings. The van der Waals surface area contributed by atoms with E-state index >= 15 is 0 Å². The van der Waals surface area contributed by atoms with Gasteiger partial charge in [0.05, 0.1) is 11.4 Å². The zero-order chi connectivity index (χ0) is 19.3. The third-order valence-electron chi connectivity index (χ3n) is 3.96. The molecular formula is C21H15ClN4OS. The summed E-state index contributed by atoms with van der Waals surface area (Å²) in [6, 6.07) is 17.3. The van der Waals surface area contributed by atoms with E-state index in [-0.39, 0.29) is 5.91 Å². The summed E-state index contributed by atoms with van der Waals surface area (Å²) in [5, 5.41) is 10.5. The third kappa shape index (κ3) is 4.19. The lowest BCUT2D eigenvalue weighted by molar-refractivity contribution is -0.111. The van der Waals surface area contributed by atoms with E-state index in [1.54, 1.807) is 17.0 Å². The standard InChI is InChI=1S/C21H15ClN4OS/c22-17-9-6-15(7-10-17)20-16(8-11-19(27)24-21-23-12-13-28-21)14-26(25-20)18-4-2-1-3-5-18/h1-14H,(H,23,24,27). The van der Waals surface area contributed by atoms with Crippen LogP contribution in [0.15, 0.2) is 78.4 Å². The number of aromatic nitrogens is 3. The molecule has 2 aromatic carbocycles. The molecule has 1 amide bonds. The zero-order valence-corrected chi connectivity index (χ0v) is 16.2. The maximum atomic E-state index is 12.2. The number of amides is 1. The monoisotopic (exact) mass is 406 g/mol. The van der Waals surface area contributed by atoms with E-state index in [2.05, 4.69) is 10.3 Å². The van der Waals surface area contributed by atoms with Gasteiger partial charge in [0, 0.05) is 40.0 Å². The van der Waals surface area contributed by atoms with E-state index < -0.39 is 0 Å². The van der Waals surface area contributed by atoms with Crippen LogP contribution in [0.3, 0.4) is 0 Å². The minimum Gasteiger partial charge on any atom is -0.298 e. The maximum Gasteiger partial charge on any atom is 0.250 e. The Labute approximate surface area is 170 Å². The quantitative estimate of drug-likeness (QED) is 0.457. The molecule has 0 atom stereocenters. The molecule has 4 rings (SSSR count). The van der Waals surface area contributed by atoms with Gasteiger partial charge in [0.15, 0.2) is 5.13 Å². The largest absolute Gasteiger partial charge is 0.298 e. The minimum absolute atomic E-state index is 0.246. The first-order chi connectivity index (χ1) is 13.7. The number of anilines is 1. The van der Waals surface area contributed by atoms with Crippen LogP contribution in [0, 0.1) is 0 Å². The van der Waals surface area contributed by atoms with Crippen molar-refractivity contribution in [2.75, 3.05) is 5.32 Å². The Balaban J connectivity index is 1.67. The summed E-state index contributed by atoms with van der Waals surface area (Å²) in [4.78, 5) is 16.2. The van der Waals surface area contributed by atoms with Gasteiger partial charge in [0.1, 0.15) is 0 Å². The molecular weight excluding hydrogens is 392 g/mol. The van der Waals surface area contributed by atoms with Gasteiger partial charge in [-0.15, -0.1) is 11.3 Å². The van der Waals surface area contributed by atoms with Crippen LogP contribution in [0.5, 0.6) is 0 Å². The molecule has 0 aliphatic heterocycles. The van der Waals surface area contributed by atoms with Crippen LogP contribution in [0.25, 0.3) is 23.0 Å². The first kappa shape index (κ1) is 18.2. The van der Waals surface area contributed by atoms with Crippen molar-refractivity contribution in [3.05, 3.63) is 89.0 Å². The minimum atomic E-state index is -0.246. The van der Waals surface area contributed by atoms with Gasteiger partial charge in [0.2, 0.25) is 5.91 Å². The highest BCUT2D eigenvalue weighted by molar-refractivity contribution is 7.13. The lowest BCUT2D eigenvalue weighted by atomic mass is 10.1. The van der Waals surface area contributed by atoms with Crippen molar-refractivity contribution < 1.29 is 4.79 Å². The summed E-state index contributed by atoms with van der Waals surface area (Å²) in [7, 11) is 0. The van der Waals surface area contributed by atoms with Crippen LogP contribution < -0.4 is 5.32 Å². The number of nitrogens with one attached hydrogen (secondary N) is 1. The van der Waals surface area contributed by atoms with Crippen molar-refractivity contribution in [2.45, 2.75) is 0 Å². The van der Waals surface area contributed by atoms with Crippen molar-refractivity contribution in [3.8, 4) is 16.9 Å². The Hall–Kier alpha value is -3.22. The Kier molecular flexibility index (Phi) is 5.32. The summed E-state index contributed by atoms with van der Waals surface area (Å²) in [6.07, 6.45) is 6.77. The van der Waals surface area contributed by atoms with Crippen LogP contribution >= 0.6 is 22.9 Å². The molecule has 7 heteroatoms. The molecule has 2 aromatic heterocycles. The summed E-state index contributed by atoms with van der Waals surface area (Å²) in [5.74, 6) is -0.246. The van der Waals surface area contributed by atoms with Gasteiger partial charge in [-0.2, -0.15) is 5.10 Å². The van der Waals surface area contributed by atoms with E-state index in [1.165, 1.54) is 17.4 Å². The lowest BCUT2D eigenvalue weighted by Gasteiger charge is -2.00. The second kappa shape index (κ2) is 8.21. The average molecular weight is 407 g/mol. The van der Waals surface area contributed by atoms with E-state index in [0.29, 0.717) is 10.2 Å². The lowest BCUT2D eigenvalue weighted by Crippen LogP contribution is -2.07. The molecule has 2 heterocycles. The number of hydrogen-bond acceptors (Lipinski definition) is 4. The highest BCUT2D eigenvalue weighted by atomic mass is 35.5. The molecule has 0 saturated heterocycles. The third-order valence-corrected chi connectivity index (χ3v) is 4.90. The van der Waals surface area contributed by atoms with E-state index in [4.69, 9.17) is 16.7 Å². The number of rotatable bonds is 5. The van der Waals surface area contributed by atoms with E-state index in [9.17, 15) is 4.79 Å². The first-order valence-electron chi connectivity index (χ1n) is 8.48. The molecule has 4 aromatic rings. The number of benzene rings is 2. The summed E-state index contributed by atoms with van der Waals surface area (Å²) in [5.41, 5.74) is 3.43. The van der Waals surface area contributed by atoms with Gasteiger partial charge in [-0.3, -0.25) is 10.1 Å². The van der Waals surface area contributed by atoms with Gasteiger partial charge < -0.3 is 0 Å². The zero-order valence-electron chi connectivity index (χ0n) is 14.6. The molecule has 0 spiro atoms. The van der Waals surface area contributed by atoms with Crippen LogP contribution in [0.1, 0.15) is 5.56 Å². The predicted molar refractivity (Wildman–Crippen MR) is 114 cm³/mol. The van der Waals surface area contributed by atoms with Crippen molar-refractivity contribution in [3.63, 3.8) is 0 Å². The molecule has 0 bridgehead atoms. The highest BCUT2D eigenvalue weighted by Crippen LogP contribution is 2.26. The molecule has 28 heavy (non-hydrogen) atoms. The fourth-order valence-electron chi connectivity index (χ4n) is 2.65. The number of carbonyl (C=O) groups is 1. The van der Waals surface area contributed by atoms with Gasteiger partial charge in [-0.05, 0) is 30.3 Å². The molecule has 0 aliphatic rings. The number of nitrogens with zero attached hydrogens (tertiary/aromatic N) is 3. The van der Waals surface area contributed by atoms with Crippen molar-refractivity contribution >= 4 is 40.1 Å². The number of halogens is 1. The highest BCUT2D eigenvalue weighted by Gasteiger charge is 2.11. The first-order valence-corrected chi connectivity index (χ1v) is 9.74. The van der Waals surface area contributed by atoms with E-state index in [0.717, 1.165) is 22.5 Å². The molecule has 0 radical (unpaired) electrons. The van der Waals surface area contributed by atoms with Crippen LogP contribution in [0.4, 0.5) is 5.13 Å². The van der Waals surface area contributed by atoms with Gasteiger partial charge in [-0.1, -0.05) is 41.9 Å². The summed E-state index contributed by atoms with van der Waals surface area (Å²) in [6.45, 7) is 0. The van der Waals surface area contributed by atoms with Crippen LogP contribution in [0.2, 0.25) is 5.02 Å². The molecule has 0 unspecified atom stereocenters. The fourth-order valence-corrected chi connectivity index (χ4v) is 3.31. The van der Waals surface area contributed by atoms with Gasteiger partial charge in [-0.25, -0.2) is 9.67 Å². The Morgan fingerprint density at radius 3 is 2.61 bits per heavy atom. The Morgan fingerprint density at radius 1 is 1.11 bits per heavy atom. The van der Waals surface area contributed by atoms with Crippen molar-refractivity contribution in [2.24, 2.45) is 0 Å². The Bertz CT molecular complexity index is 1100. The second-order valence-electron chi connectivity index (χ2n) is 5.88. The number of thiazole rings is 1. The predicted octanol–water partition coefficient (Wildman–Crippen LogP) is 5.30. The number of hydrogen-bond donors (Lipinski definition) is 1. The molecule has 0 saturated carbocycles. The van der Waals surface area contributed by atoms with Crippen molar-refractivity contribution in [1.29, 1.82) is 0 Å². The Morgan fingerprint density at radius 2 is 1.89 bits per heavy atom. The van der Waals surface area contributed by atoms with Crippen LogP contribution in [-0.4, -0.2) is 20.7 Å². The summed E-state index contributed by atoms with van der Waals surface area (Å²) < 4.78 is 1.79. The molecule has 5 nitrogen and oxygen atoms in total. The van der Waals surface area contributed by atoms with Crippen LogP contribution in [-0.2, 0) is 4.79 Å². The maximum absolute atomic E-state index is 12.2. The smallest absolute Gasteiger partial charge is 0.250 e.